The second-order valence-corrected chi connectivity index (χ2v) is 5.76. The Morgan fingerprint density at radius 1 is 1.47 bits per heavy atom. The van der Waals surface area contributed by atoms with Crippen molar-refractivity contribution in [2.75, 3.05) is 11.4 Å². The number of halogens is 1. The number of hydrogen-bond acceptors (Lipinski definition) is 3. The SMILES string of the molecule is C[C@H]1[C@@H](C(C)(C)O)CCN1c1ccc(C#N)c(F)c1. The number of benzene rings is 1. The van der Waals surface area contributed by atoms with E-state index in [4.69, 9.17) is 5.26 Å². The molecule has 4 heteroatoms. The third-order valence-electron chi connectivity index (χ3n) is 4.07. The summed E-state index contributed by atoms with van der Waals surface area (Å²) in [4.78, 5) is 2.09. The van der Waals surface area contributed by atoms with E-state index in [1.807, 2.05) is 26.8 Å². The van der Waals surface area contributed by atoms with Crippen LogP contribution in [0.2, 0.25) is 0 Å². The van der Waals surface area contributed by atoms with E-state index in [1.165, 1.54) is 12.1 Å². The quantitative estimate of drug-likeness (QED) is 0.891. The third-order valence-corrected chi connectivity index (χ3v) is 4.07. The lowest BCUT2D eigenvalue weighted by Gasteiger charge is -2.32. The molecule has 0 aliphatic carbocycles. The number of nitrogens with zero attached hydrogens (tertiary/aromatic N) is 2. The summed E-state index contributed by atoms with van der Waals surface area (Å²) in [6, 6.07) is 6.65. The van der Waals surface area contributed by atoms with Gasteiger partial charge in [-0.3, -0.25) is 0 Å². The van der Waals surface area contributed by atoms with Crippen molar-refractivity contribution in [3.63, 3.8) is 0 Å². The van der Waals surface area contributed by atoms with Gasteiger partial charge in [0.05, 0.1) is 11.2 Å². The van der Waals surface area contributed by atoms with Crippen LogP contribution in [0.3, 0.4) is 0 Å². The van der Waals surface area contributed by atoms with Gasteiger partial charge in [0, 0.05) is 24.2 Å². The van der Waals surface area contributed by atoms with Crippen LogP contribution >= 0.6 is 0 Å². The first kappa shape index (κ1) is 13.8. The second kappa shape index (κ2) is 4.82. The highest BCUT2D eigenvalue weighted by molar-refractivity contribution is 5.52. The van der Waals surface area contributed by atoms with Crippen LogP contribution in [0.25, 0.3) is 0 Å². The van der Waals surface area contributed by atoms with E-state index in [1.54, 1.807) is 6.07 Å². The predicted octanol–water partition coefficient (Wildman–Crippen LogP) is 2.68. The van der Waals surface area contributed by atoms with E-state index >= 15 is 0 Å². The number of nitriles is 1. The monoisotopic (exact) mass is 262 g/mol. The Labute approximate surface area is 113 Å². The average Bonchev–Trinajstić information content (AvgIpc) is 2.70. The highest BCUT2D eigenvalue weighted by Crippen LogP contribution is 2.36. The minimum absolute atomic E-state index is 0.0645. The lowest BCUT2D eigenvalue weighted by Crippen LogP contribution is -2.40. The van der Waals surface area contributed by atoms with Gasteiger partial charge >= 0.3 is 0 Å². The standard InChI is InChI=1S/C15H19FN2O/c1-10-13(15(2,3)19)6-7-18(10)12-5-4-11(9-17)14(16)8-12/h4-5,8,10,13,19H,6-7H2,1-3H3/t10-,13-/m0/s1. The highest BCUT2D eigenvalue weighted by atomic mass is 19.1. The van der Waals surface area contributed by atoms with Crippen molar-refractivity contribution in [2.24, 2.45) is 5.92 Å². The third kappa shape index (κ3) is 2.57. The van der Waals surface area contributed by atoms with Gasteiger partial charge in [-0.05, 0) is 45.4 Å². The lowest BCUT2D eigenvalue weighted by molar-refractivity contribution is 0.0156. The van der Waals surface area contributed by atoms with E-state index in [0.29, 0.717) is 0 Å². The molecule has 1 fully saturated rings. The summed E-state index contributed by atoms with van der Waals surface area (Å²) in [5, 5.41) is 18.9. The molecule has 0 saturated carbocycles. The van der Waals surface area contributed by atoms with Crippen LogP contribution in [0.5, 0.6) is 0 Å². The molecule has 0 aromatic heterocycles. The minimum atomic E-state index is -0.737. The zero-order valence-electron chi connectivity index (χ0n) is 11.5. The Morgan fingerprint density at radius 2 is 2.16 bits per heavy atom. The van der Waals surface area contributed by atoms with Gasteiger partial charge in [0.1, 0.15) is 11.9 Å². The van der Waals surface area contributed by atoms with Gasteiger partial charge < -0.3 is 10.0 Å². The summed E-state index contributed by atoms with van der Waals surface area (Å²) < 4.78 is 13.7. The Morgan fingerprint density at radius 3 is 2.63 bits per heavy atom. The minimum Gasteiger partial charge on any atom is -0.390 e. The second-order valence-electron chi connectivity index (χ2n) is 5.76. The molecule has 0 unspecified atom stereocenters. The predicted molar refractivity (Wildman–Crippen MR) is 72.3 cm³/mol. The van der Waals surface area contributed by atoms with Crippen molar-refractivity contribution in [1.29, 1.82) is 5.26 Å². The fourth-order valence-corrected chi connectivity index (χ4v) is 3.02. The van der Waals surface area contributed by atoms with Crippen LogP contribution in [0, 0.1) is 23.1 Å². The molecule has 102 valence electrons. The molecule has 1 aromatic rings. The molecule has 0 amide bonds. The molecular weight excluding hydrogens is 243 g/mol. The smallest absolute Gasteiger partial charge is 0.143 e. The van der Waals surface area contributed by atoms with Gasteiger partial charge in [0.2, 0.25) is 0 Å². The molecule has 2 atom stereocenters. The molecule has 1 N–H and O–H groups in total. The van der Waals surface area contributed by atoms with Crippen molar-refractivity contribution in [3.8, 4) is 6.07 Å². The van der Waals surface area contributed by atoms with Crippen molar-refractivity contribution in [3.05, 3.63) is 29.6 Å². The maximum Gasteiger partial charge on any atom is 0.143 e. The van der Waals surface area contributed by atoms with Gasteiger partial charge in [-0.15, -0.1) is 0 Å². The summed E-state index contributed by atoms with van der Waals surface area (Å²) in [6.07, 6.45) is 0.881. The highest BCUT2D eigenvalue weighted by Gasteiger charge is 2.39. The largest absolute Gasteiger partial charge is 0.390 e. The molecule has 1 aliphatic heterocycles. The number of hydrogen-bond donors (Lipinski definition) is 1. The molecule has 19 heavy (non-hydrogen) atoms. The average molecular weight is 262 g/mol. The van der Waals surface area contributed by atoms with E-state index in [9.17, 15) is 9.50 Å². The fourth-order valence-electron chi connectivity index (χ4n) is 3.02. The van der Waals surface area contributed by atoms with Crippen molar-refractivity contribution < 1.29 is 9.50 Å². The van der Waals surface area contributed by atoms with Crippen LogP contribution in [0.1, 0.15) is 32.8 Å². The van der Waals surface area contributed by atoms with Gasteiger partial charge in [0.15, 0.2) is 0 Å². The van der Waals surface area contributed by atoms with E-state index in [0.717, 1.165) is 18.7 Å². The Balaban J connectivity index is 2.25. The summed E-state index contributed by atoms with van der Waals surface area (Å²) in [7, 11) is 0. The van der Waals surface area contributed by atoms with Crippen LogP contribution in [-0.4, -0.2) is 23.3 Å². The fraction of sp³-hybridized carbons (Fsp3) is 0.533. The molecule has 1 aliphatic rings. The molecule has 0 spiro atoms. The Bertz CT molecular complexity index is 516. The normalized spacial score (nSPS) is 23.5. The molecule has 1 saturated heterocycles. The zero-order chi connectivity index (χ0) is 14.2. The molecular formula is C15H19FN2O. The Hall–Kier alpha value is -1.60. The summed E-state index contributed by atoms with van der Waals surface area (Å²) in [5.74, 6) is -0.329. The van der Waals surface area contributed by atoms with Gasteiger partial charge in [-0.25, -0.2) is 4.39 Å². The van der Waals surface area contributed by atoms with Gasteiger partial charge in [0.25, 0.3) is 0 Å². The maximum atomic E-state index is 13.7. The molecule has 1 heterocycles. The first-order valence-electron chi connectivity index (χ1n) is 6.53. The van der Waals surface area contributed by atoms with E-state index < -0.39 is 11.4 Å². The molecule has 0 radical (unpaired) electrons. The first-order valence-corrected chi connectivity index (χ1v) is 6.53. The van der Waals surface area contributed by atoms with Crippen molar-refractivity contribution >= 4 is 5.69 Å². The number of aliphatic hydroxyl groups is 1. The maximum absolute atomic E-state index is 13.7. The van der Waals surface area contributed by atoms with Gasteiger partial charge in [-0.2, -0.15) is 5.26 Å². The zero-order valence-corrected chi connectivity index (χ0v) is 11.5. The lowest BCUT2D eigenvalue weighted by atomic mass is 9.85. The van der Waals surface area contributed by atoms with Crippen LogP contribution in [0.4, 0.5) is 10.1 Å². The topological polar surface area (TPSA) is 47.3 Å². The molecule has 2 rings (SSSR count). The summed E-state index contributed by atoms with van der Waals surface area (Å²) >= 11 is 0. The molecule has 0 bridgehead atoms. The van der Waals surface area contributed by atoms with Crippen LogP contribution in [0.15, 0.2) is 18.2 Å². The first-order chi connectivity index (χ1) is 8.84. The Kier molecular flexibility index (Phi) is 3.51. The van der Waals surface area contributed by atoms with Crippen LogP contribution in [-0.2, 0) is 0 Å². The number of anilines is 1. The number of rotatable bonds is 2. The summed E-state index contributed by atoms with van der Waals surface area (Å²) in [5.41, 5.74) is 0.102. The molecule has 3 nitrogen and oxygen atoms in total. The van der Waals surface area contributed by atoms with E-state index in [-0.39, 0.29) is 17.5 Å². The van der Waals surface area contributed by atoms with E-state index in [2.05, 4.69) is 4.90 Å². The van der Waals surface area contributed by atoms with Crippen LogP contribution < -0.4 is 4.90 Å². The van der Waals surface area contributed by atoms with Crippen molar-refractivity contribution in [1.82, 2.24) is 0 Å². The van der Waals surface area contributed by atoms with Gasteiger partial charge in [-0.1, -0.05) is 0 Å². The summed E-state index contributed by atoms with van der Waals surface area (Å²) in [6.45, 7) is 6.47. The van der Waals surface area contributed by atoms with Crippen molar-refractivity contribution in [2.45, 2.75) is 38.8 Å². The molecule has 1 aromatic carbocycles.